The monoisotopic (exact) mass is 1380 g/mol. The molecule has 0 aliphatic heterocycles. The Morgan fingerprint density at radius 2 is 0.509 bits per heavy atom. The van der Waals surface area contributed by atoms with E-state index in [9.17, 15) is 10.5 Å². The molecule has 0 saturated heterocycles. The second kappa shape index (κ2) is 23.3. The second-order valence-electron chi connectivity index (χ2n) is 27.5. The molecule has 15 aromatic carbocycles. The Balaban J connectivity index is 0.619. The Kier molecular flexibility index (Phi) is 13.1. The number of hydrogen-bond acceptors (Lipinski definition) is 6. The van der Waals surface area contributed by atoms with Crippen LogP contribution >= 0.6 is 22.7 Å². The molecule has 0 aliphatic rings. The van der Waals surface area contributed by atoms with Crippen molar-refractivity contribution in [3.8, 4) is 91.0 Å². The molecular weight excluding hydrogens is 1330 g/mol. The van der Waals surface area contributed by atoms with Crippen LogP contribution in [0.4, 0.5) is 0 Å². The van der Waals surface area contributed by atoms with Crippen LogP contribution in [0.25, 0.3) is 206 Å². The van der Waals surface area contributed by atoms with Crippen LogP contribution in [0.15, 0.2) is 328 Å². The minimum absolute atomic E-state index is 0.643. The standard InChI is InChI=1S/C96H54N8S2/c97-55-57-22-32-66(33-23-57)101-84-18-8-4-14-70(84)74-46-60(26-38-88(74)101)62-28-40-90-76(48-62)72-16-6-10-20-86(72)103(90)68-36-44-94-80(52-68)78-50-64(30-42-92(78)105-94)83-54-82(59-12-2-1-3-13-59)99-96(100-83)65-31-43-93-79(51-65)81-53-69(37-45-95(81)106-93)104-87-21-11-7-17-73(87)77-49-63(29-41-91(77)104)61-27-39-89-75(47-61)71-15-5-9-19-85(71)102(89)67-34-24-58(56-98)25-35-67/h1-54H. The van der Waals surface area contributed by atoms with E-state index in [2.05, 4.69) is 309 Å². The number of thiophene rings is 2. The summed E-state index contributed by atoms with van der Waals surface area (Å²) in [6.45, 7) is 0. The fourth-order valence-electron chi connectivity index (χ4n) is 16.7. The van der Waals surface area contributed by atoms with Crippen LogP contribution in [0.3, 0.4) is 0 Å². The van der Waals surface area contributed by atoms with Crippen LogP contribution in [-0.4, -0.2) is 28.2 Å². The first-order valence-corrected chi connectivity index (χ1v) is 37.1. The quantitative estimate of drug-likeness (QED) is 0.144. The predicted octanol–water partition coefficient (Wildman–Crippen LogP) is 25.7. The van der Waals surface area contributed by atoms with Crippen LogP contribution in [0.2, 0.25) is 0 Å². The van der Waals surface area contributed by atoms with Gasteiger partial charge in [-0.15, -0.1) is 22.7 Å². The van der Waals surface area contributed by atoms with Gasteiger partial charge in [0.1, 0.15) is 0 Å². The molecule has 0 N–H and O–H groups in total. The van der Waals surface area contributed by atoms with Crippen molar-refractivity contribution in [1.82, 2.24) is 28.2 Å². The second-order valence-corrected chi connectivity index (χ2v) is 29.6. The van der Waals surface area contributed by atoms with Crippen molar-refractivity contribution < 1.29 is 0 Å². The van der Waals surface area contributed by atoms with E-state index in [1.54, 1.807) is 0 Å². The molecule has 0 saturated carbocycles. The molecule has 7 aromatic heterocycles. The maximum absolute atomic E-state index is 9.56. The van der Waals surface area contributed by atoms with Crippen molar-refractivity contribution in [3.05, 3.63) is 339 Å². The number of rotatable bonds is 9. The van der Waals surface area contributed by atoms with Crippen molar-refractivity contribution in [1.29, 1.82) is 10.5 Å². The zero-order valence-corrected chi connectivity index (χ0v) is 58.2. The topological polar surface area (TPSA) is 93.1 Å². The summed E-state index contributed by atoms with van der Waals surface area (Å²) in [6.07, 6.45) is 0. The van der Waals surface area contributed by atoms with Gasteiger partial charge in [-0.05, 0) is 216 Å². The third-order valence-corrected chi connectivity index (χ3v) is 23.9. The van der Waals surface area contributed by atoms with Crippen molar-refractivity contribution in [2.24, 2.45) is 0 Å². The molecule has 0 bridgehead atoms. The zero-order chi connectivity index (χ0) is 69.8. The van der Waals surface area contributed by atoms with E-state index >= 15 is 0 Å². The Hall–Kier alpha value is -14.0. The Morgan fingerprint density at radius 3 is 0.906 bits per heavy atom. The molecule has 0 unspecified atom stereocenters. The highest BCUT2D eigenvalue weighted by Crippen LogP contribution is 2.46. The summed E-state index contributed by atoms with van der Waals surface area (Å²) in [5.74, 6) is 0.670. The van der Waals surface area contributed by atoms with E-state index in [1.165, 1.54) is 83.4 Å². The molecular formula is C96H54N8S2. The largest absolute Gasteiger partial charge is 0.309 e. The fraction of sp³-hybridized carbons (Fsp3) is 0. The van der Waals surface area contributed by atoms with Gasteiger partial charge in [0.15, 0.2) is 5.82 Å². The molecule has 22 aromatic rings. The van der Waals surface area contributed by atoms with Gasteiger partial charge in [-0.25, -0.2) is 9.97 Å². The van der Waals surface area contributed by atoms with Crippen LogP contribution in [-0.2, 0) is 0 Å². The summed E-state index contributed by atoms with van der Waals surface area (Å²) in [7, 11) is 0. The van der Waals surface area contributed by atoms with E-state index in [0.717, 1.165) is 117 Å². The molecule has 7 heterocycles. The van der Waals surface area contributed by atoms with Gasteiger partial charge in [0.05, 0.1) is 78.8 Å². The van der Waals surface area contributed by atoms with Crippen molar-refractivity contribution in [2.75, 3.05) is 0 Å². The van der Waals surface area contributed by atoms with E-state index in [1.807, 2.05) is 71.2 Å². The SMILES string of the molecule is N#Cc1ccc(-n2c3ccccc3c3cc(-c4ccc5c(c4)c4ccccc4n5-c4ccc5sc6ccc(-c7cc(-c8ccccc8)nc(-c8ccc9sc%10ccc(-n%11c%12ccccc%12c%12cc(-c%13ccc%14c(c%13)c%13ccccc%13n%14-c%13ccc(C#N)cc%13)ccc%12%11)cc%10c9c8)n7)cc6c5c4)ccc32)cc1. The Labute approximate surface area is 614 Å². The first kappa shape index (κ1) is 59.7. The molecule has 0 spiro atoms. The number of nitriles is 2. The summed E-state index contributed by atoms with van der Waals surface area (Å²) in [5, 5.41) is 33.4. The fourth-order valence-corrected chi connectivity index (χ4v) is 18.8. The maximum atomic E-state index is 9.56. The molecule has 0 fully saturated rings. The van der Waals surface area contributed by atoms with Gasteiger partial charge < -0.3 is 18.3 Å². The van der Waals surface area contributed by atoms with Gasteiger partial charge in [0.2, 0.25) is 0 Å². The summed E-state index contributed by atoms with van der Waals surface area (Å²) >= 11 is 3.64. The smallest absolute Gasteiger partial charge is 0.160 e. The highest BCUT2D eigenvalue weighted by Gasteiger charge is 2.22. The molecule has 10 heteroatoms. The van der Waals surface area contributed by atoms with E-state index < -0.39 is 0 Å². The van der Waals surface area contributed by atoms with E-state index in [4.69, 9.17) is 9.97 Å². The Bertz CT molecular complexity index is 7170. The first-order valence-electron chi connectivity index (χ1n) is 35.4. The maximum Gasteiger partial charge on any atom is 0.160 e. The number of nitrogens with zero attached hydrogens (tertiary/aromatic N) is 8. The number of para-hydroxylation sites is 4. The lowest BCUT2D eigenvalue weighted by molar-refractivity contribution is 1.18. The lowest BCUT2D eigenvalue weighted by Crippen LogP contribution is -1.96. The highest BCUT2D eigenvalue weighted by atomic mass is 32.1. The summed E-state index contributed by atoms with van der Waals surface area (Å²) in [4.78, 5) is 10.9. The summed E-state index contributed by atoms with van der Waals surface area (Å²) < 4.78 is 14.3. The van der Waals surface area contributed by atoms with Crippen molar-refractivity contribution in [2.45, 2.75) is 0 Å². The van der Waals surface area contributed by atoms with Gasteiger partial charge in [-0.1, -0.05) is 133 Å². The molecule has 0 amide bonds. The van der Waals surface area contributed by atoms with Crippen LogP contribution in [0, 0.1) is 22.7 Å². The van der Waals surface area contributed by atoms with Crippen LogP contribution in [0.1, 0.15) is 11.1 Å². The minimum Gasteiger partial charge on any atom is -0.309 e. The van der Waals surface area contributed by atoms with Gasteiger partial charge in [-0.3, -0.25) is 0 Å². The number of aromatic nitrogens is 6. The normalized spacial score (nSPS) is 11.9. The third kappa shape index (κ3) is 9.22. The summed E-state index contributed by atoms with van der Waals surface area (Å²) in [5.41, 5.74) is 23.9. The van der Waals surface area contributed by atoms with Crippen LogP contribution in [0.5, 0.6) is 0 Å². The van der Waals surface area contributed by atoms with Crippen LogP contribution < -0.4 is 0 Å². The molecule has 490 valence electrons. The molecule has 0 atom stereocenters. The van der Waals surface area contributed by atoms with Gasteiger partial charge in [0, 0.05) is 123 Å². The molecule has 106 heavy (non-hydrogen) atoms. The molecule has 8 nitrogen and oxygen atoms in total. The lowest BCUT2D eigenvalue weighted by Gasteiger charge is -2.11. The molecule has 0 radical (unpaired) electrons. The number of hydrogen-bond donors (Lipinski definition) is 0. The zero-order valence-electron chi connectivity index (χ0n) is 56.6. The average Bonchev–Trinajstić information content (AvgIpc) is 1.59. The Morgan fingerprint density at radius 1 is 0.217 bits per heavy atom. The number of benzene rings is 15. The average molecular weight is 1380 g/mol. The molecule has 22 rings (SSSR count). The van der Waals surface area contributed by atoms with Crippen molar-refractivity contribution >= 4 is 150 Å². The predicted molar refractivity (Wildman–Crippen MR) is 442 cm³/mol. The van der Waals surface area contributed by atoms with Crippen molar-refractivity contribution in [3.63, 3.8) is 0 Å². The van der Waals surface area contributed by atoms with E-state index in [-0.39, 0.29) is 0 Å². The first-order chi connectivity index (χ1) is 52.4. The minimum atomic E-state index is 0.643. The lowest BCUT2D eigenvalue weighted by atomic mass is 10.0. The number of fused-ring (bicyclic) bond motifs is 18. The third-order valence-electron chi connectivity index (χ3n) is 21.6. The summed E-state index contributed by atoms with van der Waals surface area (Å²) in [6, 6.07) is 122. The molecule has 0 aliphatic carbocycles. The highest BCUT2D eigenvalue weighted by molar-refractivity contribution is 7.26. The van der Waals surface area contributed by atoms with Gasteiger partial charge in [0.25, 0.3) is 0 Å². The van der Waals surface area contributed by atoms with E-state index in [0.29, 0.717) is 17.0 Å². The van der Waals surface area contributed by atoms with Gasteiger partial charge >= 0.3 is 0 Å². The van der Waals surface area contributed by atoms with Gasteiger partial charge in [-0.2, -0.15) is 10.5 Å².